The quantitative estimate of drug-likeness (QED) is 0.629. The van der Waals surface area contributed by atoms with E-state index >= 15 is 0 Å². The van der Waals surface area contributed by atoms with Crippen LogP contribution in [0.15, 0.2) is 54.9 Å². The highest BCUT2D eigenvalue weighted by Gasteiger charge is 2.08. The van der Waals surface area contributed by atoms with Gasteiger partial charge < -0.3 is 9.64 Å². The first kappa shape index (κ1) is 16.4. The van der Waals surface area contributed by atoms with E-state index < -0.39 is 0 Å². The largest absolute Gasteiger partial charge is 0.465 e. The second-order valence-corrected chi connectivity index (χ2v) is 5.00. The number of rotatable bonds is 5. The molecular weight excluding hydrogens is 292 g/mol. The molecule has 0 saturated carbocycles. The smallest absolute Gasteiger partial charge is 0.337 e. The molecule has 5 nitrogen and oxygen atoms in total. The molecule has 0 fully saturated rings. The number of hydrogen-bond acceptors (Lipinski definition) is 4. The van der Waals surface area contributed by atoms with Crippen LogP contribution in [0.25, 0.3) is 6.08 Å². The third-order valence-electron chi connectivity index (χ3n) is 3.27. The SMILES string of the molecule is COC(=O)c1ccc(CN(C)C(=O)C=Cc2cccnc2)cc1. The van der Waals surface area contributed by atoms with Crippen molar-refractivity contribution in [1.82, 2.24) is 9.88 Å². The van der Waals surface area contributed by atoms with Crippen molar-refractivity contribution >= 4 is 18.0 Å². The summed E-state index contributed by atoms with van der Waals surface area (Å²) in [6, 6.07) is 10.7. The summed E-state index contributed by atoms with van der Waals surface area (Å²) in [4.78, 5) is 29.0. The van der Waals surface area contributed by atoms with Gasteiger partial charge in [-0.05, 0) is 35.4 Å². The van der Waals surface area contributed by atoms with Gasteiger partial charge in [-0.3, -0.25) is 9.78 Å². The van der Waals surface area contributed by atoms with Gasteiger partial charge in [0.2, 0.25) is 5.91 Å². The molecule has 0 bridgehead atoms. The van der Waals surface area contributed by atoms with Crippen molar-refractivity contribution in [2.24, 2.45) is 0 Å². The Morgan fingerprint density at radius 1 is 1.22 bits per heavy atom. The molecule has 1 amide bonds. The second kappa shape index (κ2) is 7.89. The molecular formula is C18H18N2O3. The lowest BCUT2D eigenvalue weighted by Gasteiger charge is -2.15. The summed E-state index contributed by atoms with van der Waals surface area (Å²) in [5.41, 5.74) is 2.29. The Morgan fingerprint density at radius 2 is 1.96 bits per heavy atom. The Labute approximate surface area is 135 Å². The van der Waals surface area contributed by atoms with Crippen molar-refractivity contribution in [3.05, 3.63) is 71.6 Å². The van der Waals surface area contributed by atoms with E-state index in [2.05, 4.69) is 9.72 Å². The fraction of sp³-hybridized carbons (Fsp3) is 0.167. The number of methoxy groups -OCH3 is 1. The van der Waals surface area contributed by atoms with E-state index in [1.165, 1.54) is 13.2 Å². The van der Waals surface area contributed by atoms with Crippen LogP contribution in [0.3, 0.4) is 0 Å². The van der Waals surface area contributed by atoms with Crippen molar-refractivity contribution < 1.29 is 14.3 Å². The zero-order valence-electron chi connectivity index (χ0n) is 13.1. The fourth-order valence-electron chi connectivity index (χ4n) is 1.99. The molecule has 0 radical (unpaired) electrons. The van der Waals surface area contributed by atoms with Crippen LogP contribution in [-0.2, 0) is 16.1 Å². The van der Waals surface area contributed by atoms with Crippen LogP contribution in [0.2, 0.25) is 0 Å². The Balaban J connectivity index is 1.95. The third kappa shape index (κ3) is 4.78. The van der Waals surface area contributed by atoms with Crippen LogP contribution in [0.5, 0.6) is 0 Å². The Hall–Kier alpha value is -2.95. The van der Waals surface area contributed by atoms with Crippen molar-refractivity contribution in [2.75, 3.05) is 14.2 Å². The molecule has 23 heavy (non-hydrogen) atoms. The van der Waals surface area contributed by atoms with Gasteiger partial charge in [0, 0.05) is 32.1 Å². The molecule has 5 heteroatoms. The van der Waals surface area contributed by atoms with Gasteiger partial charge in [0.25, 0.3) is 0 Å². The van der Waals surface area contributed by atoms with Crippen LogP contribution in [0.4, 0.5) is 0 Å². The highest BCUT2D eigenvalue weighted by molar-refractivity contribution is 5.91. The lowest BCUT2D eigenvalue weighted by Crippen LogP contribution is -2.24. The summed E-state index contributed by atoms with van der Waals surface area (Å²) in [6.07, 6.45) is 6.62. The summed E-state index contributed by atoms with van der Waals surface area (Å²) >= 11 is 0. The molecule has 0 saturated heterocycles. The second-order valence-electron chi connectivity index (χ2n) is 5.00. The van der Waals surface area contributed by atoms with Gasteiger partial charge in [-0.15, -0.1) is 0 Å². The first-order valence-corrected chi connectivity index (χ1v) is 7.10. The van der Waals surface area contributed by atoms with Crippen molar-refractivity contribution in [3.8, 4) is 0 Å². The van der Waals surface area contributed by atoms with E-state index in [-0.39, 0.29) is 11.9 Å². The predicted octanol–water partition coefficient (Wildman–Crippen LogP) is 2.54. The average molecular weight is 310 g/mol. The van der Waals surface area contributed by atoms with E-state index in [1.54, 1.807) is 54.7 Å². The molecule has 0 aliphatic heterocycles. The van der Waals surface area contributed by atoms with Crippen LogP contribution >= 0.6 is 0 Å². The number of aromatic nitrogens is 1. The summed E-state index contributed by atoms with van der Waals surface area (Å²) in [6.45, 7) is 0.456. The Morgan fingerprint density at radius 3 is 2.57 bits per heavy atom. The van der Waals surface area contributed by atoms with Crippen LogP contribution < -0.4 is 0 Å². The van der Waals surface area contributed by atoms with Crippen molar-refractivity contribution in [3.63, 3.8) is 0 Å². The molecule has 1 heterocycles. The summed E-state index contributed by atoms with van der Waals surface area (Å²) in [7, 11) is 3.07. The monoisotopic (exact) mass is 310 g/mol. The maximum atomic E-state index is 12.1. The van der Waals surface area contributed by atoms with Gasteiger partial charge in [0.05, 0.1) is 12.7 Å². The molecule has 0 unspecified atom stereocenters. The molecule has 1 aromatic heterocycles. The number of nitrogens with zero attached hydrogens (tertiary/aromatic N) is 2. The molecule has 0 aliphatic carbocycles. The van der Waals surface area contributed by atoms with Gasteiger partial charge >= 0.3 is 5.97 Å². The van der Waals surface area contributed by atoms with E-state index in [9.17, 15) is 9.59 Å². The van der Waals surface area contributed by atoms with Crippen LogP contribution in [-0.4, -0.2) is 35.9 Å². The molecule has 2 rings (SSSR count). The fourth-order valence-corrected chi connectivity index (χ4v) is 1.99. The summed E-state index contributed by atoms with van der Waals surface area (Å²) in [5.74, 6) is -0.480. The van der Waals surface area contributed by atoms with Crippen LogP contribution in [0.1, 0.15) is 21.5 Å². The normalized spacial score (nSPS) is 10.5. The minimum atomic E-state index is -0.375. The van der Waals surface area contributed by atoms with Crippen molar-refractivity contribution in [1.29, 1.82) is 0 Å². The third-order valence-corrected chi connectivity index (χ3v) is 3.27. The van der Waals surface area contributed by atoms with E-state index in [0.29, 0.717) is 12.1 Å². The lowest BCUT2D eigenvalue weighted by atomic mass is 10.1. The average Bonchev–Trinajstić information content (AvgIpc) is 2.60. The maximum Gasteiger partial charge on any atom is 0.337 e. The van der Waals surface area contributed by atoms with E-state index in [0.717, 1.165) is 11.1 Å². The number of esters is 1. The maximum absolute atomic E-state index is 12.1. The van der Waals surface area contributed by atoms with E-state index in [4.69, 9.17) is 0 Å². The first-order chi connectivity index (χ1) is 11.1. The minimum absolute atomic E-state index is 0.106. The highest BCUT2D eigenvalue weighted by Crippen LogP contribution is 2.09. The number of ether oxygens (including phenoxy) is 1. The minimum Gasteiger partial charge on any atom is -0.465 e. The summed E-state index contributed by atoms with van der Waals surface area (Å²) < 4.78 is 4.65. The summed E-state index contributed by atoms with van der Waals surface area (Å²) in [5, 5.41) is 0. The molecule has 0 N–H and O–H groups in total. The molecule has 0 aliphatic rings. The van der Waals surface area contributed by atoms with Crippen LogP contribution in [0, 0.1) is 0 Å². The highest BCUT2D eigenvalue weighted by atomic mass is 16.5. The molecule has 1 aromatic carbocycles. The van der Waals surface area contributed by atoms with Gasteiger partial charge in [0.1, 0.15) is 0 Å². The predicted molar refractivity (Wildman–Crippen MR) is 87.5 cm³/mol. The van der Waals surface area contributed by atoms with Gasteiger partial charge in [-0.2, -0.15) is 0 Å². The van der Waals surface area contributed by atoms with Gasteiger partial charge in [0.15, 0.2) is 0 Å². The first-order valence-electron chi connectivity index (χ1n) is 7.10. The number of hydrogen-bond donors (Lipinski definition) is 0. The molecule has 2 aromatic rings. The number of benzene rings is 1. The molecule has 0 atom stereocenters. The number of carbonyl (C=O) groups is 2. The standard InChI is InChI=1S/C18H18N2O3/c1-20(17(21)10-7-14-4-3-11-19-12-14)13-15-5-8-16(9-6-15)18(22)23-2/h3-12H,13H2,1-2H3. The number of pyridine rings is 1. The molecule has 0 spiro atoms. The lowest BCUT2D eigenvalue weighted by molar-refractivity contribution is -0.125. The topological polar surface area (TPSA) is 59.5 Å². The van der Waals surface area contributed by atoms with Gasteiger partial charge in [-0.25, -0.2) is 4.79 Å². The molecule has 118 valence electrons. The Bertz CT molecular complexity index is 694. The number of amides is 1. The van der Waals surface area contributed by atoms with Gasteiger partial charge in [-0.1, -0.05) is 18.2 Å². The Kier molecular flexibility index (Phi) is 5.63. The van der Waals surface area contributed by atoms with E-state index in [1.807, 2.05) is 12.1 Å². The number of carbonyl (C=O) groups excluding carboxylic acids is 2. The van der Waals surface area contributed by atoms with Crippen molar-refractivity contribution in [2.45, 2.75) is 6.54 Å². The zero-order chi connectivity index (χ0) is 16.7. The zero-order valence-corrected chi connectivity index (χ0v) is 13.1. The number of likely N-dealkylation sites (N-methyl/N-ethyl adjacent to an activating group) is 1.